The minimum absolute atomic E-state index is 0.0693. The number of Topliss-reactive ketones (excluding diaryl/α,β-unsaturated/α-hetero) is 1. The maximum Gasteiger partial charge on any atom is 0.159 e. The van der Waals surface area contributed by atoms with Gasteiger partial charge in [-0.25, -0.2) is 0 Å². The second-order valence-corrected chi connectivity index (χ2v) is 4.56. The van der Waals surface area contributed by atoms with Crippen LogP contribution in [0.5, 0.6) is 0 Å². The molecule has 2 aromatic rings. The molecule has 0 amide bonds. The molecular weight excluding hydrogens is 224 g/mol. The Balaban J connectivity index is 2.61. The van der Waals surface area contributed by atoms with E-state index in [0.29, 0.717) is 5.56 Å². The number of nitrogens with one attached hydrogen (secondary N) is 1. The molecule has 0 aliphatic rings. The first-order valence-corrected chi connectivity index (χ1v) is 5.83. The van der Waals surface area contributed by atoms with Crippen molar-refractivity contribution in [2.45, 2.75) is 20.8 Å². The number of aromatic amines is 1. The van der Waals surface area contributed by atoms with E-state index in [0.717, 1.165) is 21.8 Å². The van der Waals surface area contributed by atoms with Crippen molar-refractivity contribution < 1.29 is 4.79 Å². The molecule has 0 radical (unpaired) electrons. The molecule has 18 heavy (non-hydrogen) atoms. The summed E-state index contributed by atoms with van der Waals surface area (Å²) >= 11 is 0. The van der Waals surface area contributed by atoms with Gasteiger partial charge in [0.05, 0.1) is 11.0 Å². The van der Waals surface area contributed by atoms with E-state index in [1.807, 2.05) is 38.1 Å². The molecule has 92 valence electrons. The second kappa shape index (κ2) is 4.61. The predicted molar refractivity (Wildman–Crippen MR) is 73.6 cm³/mol. The van der Waals surface area contributed by atoms with Crippen molar-refractivity contribution in [2.75, 3.05) is 0 Å². The number of hydrogen-bond donors (Lipinski definition) is 1. The van der Waals surface area contributed by atoms with Gasteiger partial charge in [-0.15, -0.1) is 0 Å². The van der Waals surface area contributed by atoms with Crippen LogP contribution < -0.4 is 10.6 Å². The highest BCUT2D eigenvalue weighted by Gasteiger charge is 2.06. The van der Waals surface area contributed by atoms with Crippen molar-refractivity contribution in [1.29, 1.82) is 0 Å². The van der Waals surface area contributed by atoms with Gasteiger partial charge in [0.15, 0.2) is 5.78 Å². The molecule has 3 heteroatoms. The van der Waals surface area contributed by atoms with Crippen LogP contribution in [0.3, 0.4) is 0 Å². The van der Waals surface area contributed by atoms with Crippen LogP contribution in [-0.4, -0.2) is 16.0 Å². The van der Waals surface area contributed by atoms with E-state index < -0.39 is 0 Å². The smallest absolute Gasteiger partial charge is 0.159 e. The maximum atomic E-state index is 11.2. The van der Waals surface area contributed by atoms with Gasteiger partial charge < -0.3 is 0 Å². The van der Waals surface area contributed by atoms with Crippen molar-refractivity contribution in [2.24, 2.45) is 0 Å². The monoisotopic (exact) mass is 240 g/mol. The fourth-order valence-corrected chi connectivity index (χ4v) is 1.99. The largest absolute Gasteiger partial charge is 0.295 e. The average Bonchev–Trinajstić information content (AvgIpc) is 2.71. The molecule has 2 rings (SSSR count). The highest BCUT2D eigenvalue weighted by atomic mass is 16.1. The van der Waals surface area contributed by atoms with Crippen LogP contribution >= 0.6 is 0 Å². The molecular formula is C15H16N2O. The Morgan fingerprint density at radius 1 is 1.17 bits per heavy atom. The number of H-pyrrole nitrogens is 1. The number of nitrogens with zero attached hydrogens (tertiary/aromatic N) is 1. The molecule has 0 bridgehead atoms. The van der Waals surface area contributed by atoms with Crippen molar-refractivity contribution in [1.82, 2.24) is 10.2 Å². The summed E-state index contributed by atoms with van der Waals surface area (Å²) in [5, 5.41) is 9.06. The van der Waals surface area contributed by atoms with Crippen molar-refractivity contribution >= 4 is 17.9 Å². The van der Waals surface area contributed by atoms with Gasteiger partial charge in [0.1, 0.15) is 0 Å². The van der Waals surface area contributed by atoms with Crippen LogP contribution in [0.15, 0.2) is 24.3 Å². The third kappa shape index (κ3) is 2.12. The molecule has 0 fully saturated rings. The Kier molecular flexibility index (Phi) is 3.15. The highest BCUT2D eigenvalue weighted by Crippen LogP contribution is 2.14. The Morgan fingerprint density at radius 2 is 1.78 bits per heavy atom. The first-order chi connectivity index (χ1) is 8.50. The zero-order chi connectivity index (χ0) is 13.3. The number of rotatable bonds is 2. The van der Waals surface area contributed by atoms with Crippen LogP contribution in [0.2, 0.25) is 0 Å². The van der Waals surface area contributed by atoms with Crippen molar-refractivity contribution in [3.8, 4) is 11.3 Å². The molecule has 0 saturated carbocycles. The quantitative estimate of drug-likeness (QED) is 0.815. The number of benzene rings is 1. The molecule has 1 N–H and O–H groups in total. The lowest BCUT2D eigenvalue weighted by Gasteiger charge is -2.00. The molecule has 3 nitrogen and oxygen atoms in total. The standard InChI is InChI=1S/C15H16N2O/c1-9(2)14-10(3)16-17-15(14)13-7-5-12(6-8-13)11(4)18/h5-8,16H,3H2,1-2,4H3. The Labute approximate surface area is 106 Å². The number of aromatic nitrogens is 2. The van der Waals surface area contributed by atoms with Crippen LogP contribution in [0.25, 0.3) is 23.4 Å². The summed E-state index contributed by atoms with van der Waals surface area (Å²) in [6.45, 7) is 9.57. The van der Waals surface area contributed by atoms with E-state index in [4.69, 9.17) is 0 Å². The number of hydrogen-bond acceptors (Lipinski definition) is 2. The third-order valence-electron chi connectivity index (χ3n) is 2.91. The molecule has 0 spiro atoms. The molecule has 1 aromatic heterocycles. The van der Waals surface area contributed by atoms with E-state index in [9.17, 15) is 4.79 Å². The van der Waals surface area contributed by atoms with Crippen molar-refractivity contribution in [3.63, 3.8) is 0 Å². The van der Waals surface area contributed by atoms with Crippen molar-refractivity contribution in [3.05, 3.63) is 40.4 Å². The number of carbonyl (C=O) groups excluding carboxylic acids is 1. The number of ketones is 1. The van der Waals surface area contributed by atoms with Crippen LogP contribution in [0.4, 0.5) is 0 Å². The van der Waals surface area contributed by atoms with E-state index in [2.05, 4.69) is 16.8 Å². The molecule has 0 aliphatic heterocycles. The van der Waals surface area contributed by atoms with Gasteiger partial charge in [-0.2, -0.15) is 5.10 Å². The zero-order valence-electron chi connectivity index (χ0n) is 10.9. The summed E-state index contributed by atoms with van der Waals surface area (Å²) < 4.78 is 0. The molecule has 0 unspecified atom stereocenters. The molecule has 1 heterocycles. The summed E-state index contributed by atoms with van der Waals surface area (Å²) in [6.07, 6.45) is 0. The average molecular weight is 240 g/mol. The minimum Gasteiger partial charge on any atom is -0.295 e. The predicted octanol–water partition coefficient (Wildman–Crippen LogP) is 1.88. The van der Waals surface area contributed by atoms with Gasteiger partial charge in [-0.1, -0.05) is 36.4 Å². The Bertz CT molecular complexity index is 689. The third-order valence-corrected chi connectivity index (χ3v) is 2.91. The minimum atomic E-state index is 0.0693. The lowest BCUT2D eigenvalue weighted by Crippen LogP contribution is -2.23. The normalized spacial score (nSPS) is 10.4. The molecule has 0 atom stereocenters. The Morgan fingerprint density at radius 3 is 2.28 bits per heavy atom. The zero-order valence-corrected chi connectivity index (χ0v) is 10.9. The molecule has 1 aromatic carbocycles. The van der Waals surface area contributed by atoms with E-state index in [1.165, 1.54) is 5.57 Å². The maximum absolute atomic E-state index is 11.2. The van der Waals surface area contributed by atoms with Gasteiger partial charge in [0.2, 0.25) is 0 Å². The summed E-state index contributed by atoms with van der Waals surface area (Å²) in [6, 6.07) is 7.48. The Hall–Kier alpha value is -2.16. The molecule has 0 aliphatic carbocycles. The van der Waals surface area contributed by atoms with E-state index >= 15 is 0 Å². The first-order valence-electron chi connectivity index (χ1n) is 5.83. The van der Waals surface area contributed by atoms with Gasteiger partial charge in [0.25, 0.3) is 0 Å². The van der Waals surface area contributed by atoms with Gasteiger partial charge in [-0.05, 0) is 20.8 Å². The van der Waals surface area contributed by atoms with Crippen LogP contribution in [-0.2, 0) is 0 Å². The van der Waals surface area contributed by atoms with E-state index in [-0.39, 0.29) is 5.78 Å². The lowest BCUT2D eigenvalue weighted by atomic mass is 10.0. The molecule has 0 saturated heterocycles. The van der Waals surface area contributed by atoms with E-state index in [1.54, 1.807) is 6.92 Å². The second-order valence-electron chi connectivity index (χ2n) is 4.56. The van der Waals surface area contributed by atoms with Crippen LogP contribution in [0.1, 0.15) is 31.1 Å². The lowest BCUT2D eigenvalue weighted by molar-refractivity contribution is 0.101. The van der Waals surface area contributed by atoms with Gasteiger partial charge in [0, 0.05) is 16.3 Å². The summed E-state index contributed by atoms with van der Waals surface area (Å²) in [7, 11) is 0. The fourth-order valence-electron chi connectivity index (χ4n) is 1.99. The SMILES string of the molecule is C=c1[nH]nc(-c2ccc(C(C)=O)cc2)c1=C(C)C. The summed E-state index contributed by atoms with van der Waals surface area (Å²) in [5.41, 5.74) is 3.75. The fraction of sp³-hybridized carbons (Fsp3) is 0.200. The first kappa shape index (κ1) is 12.3. The summed E-state index contributed by atoms with van der Waals surface area (Å²) in [4.78, 5) is 11.2. The van der Waals surface area contributed by atoms with Gasteiger partial charge in [-0.3, -0.25) is 9.89 Å². The number of carbonyl (C=O) groups is 1. The van der Waals surface area contributed by atoms with Gasteiger partial charge >= 0.3 is 0 Å². The topological polar surface area (TPSA) is 45.8 Å². The highest BCUT2D eigenvalue weighted by molar-refractivity contribution is 5.94. The summed E-state index contributed by atoms with van der Waals surface area (Å²) in [5.74, 6) is 0.0693. The van der Waals surface area contributed by atoms with Crippen LogP contribution in [0, 0.1) is 0 Å².